The highest BCUT2D eigenvalue weighted by Gasteiger charge is 2.09. The predicted octanol–water partition coefficient (Wildman–Crippen LogP) is 2.65. The Morgan fingerprint density at radius 1 is 1.32 bits per heavy atom. The molecule has 6 heteroatoms. The van der Waals surface area contributed by atoms with Gasteiger partial charge in [-0.2, -0.15) is 0 Å². The van der Waals surface area contributed by atoms with Crippen molar-refractivity contribution in [2.45, 2.75) is 12.8 Å². The molecular formula is C13H14ClN3O2. The third kappa shape index (κ3) is 3.62. The second-order valence-electron chi connectivity index (χ2n) is 4.00. The lowest BCUT2D eigenvalue weighted by Gasteiger charge is -2.07. The van der Waals surface area contributed by atoms with Crippen LogP contribution in [0.3, 0.4) is 0 Å². The average Bonchev–Trinajstić information content (AvgIpc) is 2.40. The molecule has 0 aliphatic carbocycles. The first-order chi connectivity index (χ1) is 9.20. The van der Waals surface area contributed by atoms with E-state index in [4.69, 9.17) is 16.3 Å². The van der Waals surface area contributed by atoms with Crippen LogP contribution < -0.4 is 5.32 Å². The van der Waals surface area contributed by atoms with Crippen molar-refractivity contribution in [1.29, 1.82) is 0 Å². The zero-order chi connectivity index (χ0) is 13.7. The normalized spacial score (nSPS) is 10.6. The summed E-state index contributed by atoms with van der Waals surface area (Å²) in [5.74, 6) is 0.145. The second kappa shape index (κ2) is 6.45. The first-order valence-corrected chi connectivity index (χ1v) is 6.29. The van der Waals surface area contributed by atoms with Gasteiger partial charge in [0, 0.05) is 20.1 Å². The molecule has 5 nitrogen and oxygen atoms in total. The van der Waals surface area contributed by atoms with Crippen molar-refractivity contribution < 1.29 is 9.53 Å². The molecule has 0 aliphatic rings. The molecule has 1 aromatic carbocycles. The highest BCUT2D eigenvalue weighted by Crippen LogP contribution is 2.21. The Balaban J connectivity index is 2.11. The van der Waals surface area contributed by atoms with Crippen LogP contribution in [0.2, 0.25) is 5.15 Å². The second-order valence-corrected chi connectivity index (χ2v) is 4.35. The number of ether oxygens (including phenoxy) is 1. The van der Waals surface area contributed by atoms with Crippen LogP contribution in [-0.4, -0.2) is 29.6 Å². The van der Waals surface area contributed by atoms with E-state index >= 15 is 0 Å². The summed E-state index contributed by atoms with van der Waals surface area (Å²) in [6, 6.07) is 7.35. The van der Waals surface area contributed by atoms with Gasteiger partial charge in [-0.25, -0.2) is 9.97 Å². The highest BCUT2D eigenvalue weighted by atomic mass is 35.5. The van der Waals surface area contributed by atoms with Gasteiger partial charge in [0.15, 0.2) is 11.0 Å². The van der Waals surface area contributed by atoms with E-state index in [1.54, 1.807) is 7.11 Å². The van der Waals surface area contributed by atoms with Gasteiger partial charge >= 0.3 is 0 Å². The van der Waals surface area contributed by atoms with Crippen LogP contribution in [0.5, 0.6) is 0 Å². The van der Waals surface area contributed by atoms with E-state index in [1.807, 2.05) is 24.3 Å². The number of anilines is 1. The fraction of sp³-hybridized carbons (Fsp3) is 0.308. The molecule has 1 aromatic heterocycles. The predicted molar refractivity (Wildman–Crippen MR) is 74.3 cm³/mol. The average molecular weight is 280 g/mol. The number of para-hydroxylation sites is 2. The number of rotatable bonds is 5. The Morgan fingerprint density at radius 2 is 2.00 bits per heavy atom. The minimum absolute atomic E-state index is 0.150. The first kappa shape index (κ1) is 13.7. The minimum Gasteiger partial charge on any atom is -0.385 e. The summed E-state index contributed by atoms with van der Waals surface area (Å²) in [4.78, 5) is 20.2. The maximum atomic E-state index is 11.7. The van der Waals surface area contributed by atoms with Crippen molar-refractivity contribution >= 4 is 34.4 Å². The molecule has 2 rings (SSSR count). The zero-order valence-electron chi connectivity index (χ0n) is 10.5. The van der Waals surface area contributed by atoms with Crippen molar-refractivity contribution in [1.82, 2.24) is 9.97 Å². The van der Waals surface area contributed by atoms with Crippen LogP contribution in [0.4, 0.5) is 5.82 Å². The fourth-order valence-electron chi connectivity index (χ4n) is 1.63. The highest BCUT2D eigenvalue weighted by molar-refractivity contribution is 6.32. The number of methoxy groups -OCH3 is 1. The molecule has 0 spiro atoms. The molecule has 0 bridgehead atoms. The number of carbonyl (C=O) groups excluding carboxylic acids is 1. The lowest BCUT2D eigenvalue weighted by molar-refractivity contribution is -0.116. The van der Waals surface area contributed by atoms with E-state index in [2.05, 4.69) is 15.3 Å². The maximum absolute atomic E-state index is 11.7. The number of halogens is 1. The molecule has 2 aromatic rings. The summed E-state index contributed by atoms with van der Waals surface area (Å²) in [7, 11) is 1.60. The lowest BCUT2D eigenvalue weighted by atomic mass is 10.3. The van der Waals surface area contributed by atoms with Gasteiger partial charge in [-0.3, -0.25) is 4.79 Å². The number of aromatic nitrogens is 2. The summed E-state index contributed by atoms with van der Waals surface area (Å²) >= 11 is 6.00. The van der Waals surface area contributed by atoms with Crippen LogP contribution in [-0.2, 0) is 9.53 Å². The van der Waals surface area contributed by atoms with Gasteiger partial charge in [0.05, 0.1) is 11.0 Å². The van der Waals surface area contributed by atoms with Crippen molar-refractivity contribution in [3.05, 3.63) is 29.4 Å². The number of fused-ring (bicyclic) bond motifs is 1. The van der Waals surface area contributed by atoms with Crippen molar-refractivity contribution in [2.24, 2.45) is 0 Å². The van der Waals surface area contributed by atoms with Gasteiger partial charge in [-0.05, 0) is 18.6 Å². The van der Waals surface area contributed by atoms with Crippen LogP contribution in [0.25, 0.3) is 11.0 Å². The monoisotopic (exact) mass is 279 g/mol. The number of hydrogen-bond acceptors (Lipinski definition) is 4. The minimum atomic E-state index is -0.150. The Bertz CT molecular complexity index is 589. The van der Waals surface area contributed by atoms with Crippen molar-refractivity contribution in [3.8, 4) is 0 Å². The van der Waals surface area contributed by atoms with Crippen molar-refractivity contribution in [3.63, 3.8) is 0 Å². The topological polar surface area (TPSA) is 64.1 Å². The molecule has 1 heterocycles. The maximum Gasteiger partial charge on any atom is 0.225 e. The van der Waals surface area contributed by atoms with E-state index in [0.29, 0.717) is 36.3 Å². The van der Waals surface area contributed by atoms with Gasteiger partial charge in [0.2, 0.25) is 5.91 Å². The quantitative estimate of drug-likeness (QED) is 0.855. The molecule has 100 valence electrons. The standard InChI is InChI=1S/C13H14ClN3O2/c1-19-8-4-7-11(18)17-13-12(14)15-9-5-2-3-6-10(9)16-13/h2-3,5-6H,4,7-8H2,1H3,(H,16,17,18). The molecule has 1 amide bonds. The van der Waals surface area contributed by atoms with E-state index in [0.717, 1.165) is 0 Å². The molecule has 19 heavy (non-hydrogen) atoms. The van der Waals surface area contributed by atoms with Crippen LogP contribution in [0.15, 0.2) is 24.3 Å². The first-order valence-electron chi connectivity index (χ1n) is 5.92. The largest absolute Gasteiger partial charge is 0.385 e. The smallest absolute Gasteiger partial charge is 0.225 e. The number of amides is 1. The lowest BCUT2D eigenvalue weighted by Crippen LogP contribution is -2.14. The third-order valence-electron chi connectivity index (χ3n) is 2.54. The van der Waals surface area contributed by atoms with Crippen LogP contribution >= 0.6 is 11.6 Å². The van der Waals surface area contributed by atoms with E-state index in [-0.39, 0.29) is 11.1 Å². The summed E-state index contributed by atoms with van der Waals surface area (Å²) in [6.07, 6.45) is 1.01. The van der Waals surface area contributed by atoms with Crippen LogP contribution in [0.1, 0.15) is 12.8 Å². The van der Waals surface area contributed by atoms with E-state index < -0.39 is 0 Å². The van der Waals surface area contributed by atoms with E-state index in [1.165, 1.54) is 0 Å². The Kier molecular flexibility index (Phi) is 4.65. The van der Waals surface area contributed by atoms with Gasteiger partial charge in [0.25, 0.3) is 0 Å². The molecule has 0 unspecified atom stereocenters. The molecular weight excluding hydrogens is 266 g/mol. The molecule has 0 atom stereocenters. The summed E-state index contributed by atoms with van der Waals surface area (Å²) < 4.78 is 4.89. The van der Waals surface area contributed by atoms with Crippen molar-refractivity contribution in [2.75, 3.05) is 19.0 Å². The van der Waals surface area contributed by atoms with E-state index in [9.17, 15) is 4.79 Å². The Hall–Kier alpha value is -1.72. The summed E-state index contributed by atoms with van der Waals surface area (Å²) in [5, 5.41) is 2.85. The van der Waals surface area contributed by atoms with Crippen LogP contribution in [0, 0.1) is 0 Å². The molecule has 1 N–H and O–H groups in total. The fourth-order valence-corrected chi connectivity index (χ4v) is 1.81. The Labute approximate surface area is 116 Å². The molecule has 0 saturated heterocycles. The summed E-state index contributed by atoms with van der Waals surface area (Å²) in [5.41, 5.74) is 1.39. The Morgan fingerprint density at radius 3 is 2.68 bits per heavy atom. The number of nitrogens with one attached hydrogen (secondary N) is 1. The molecule has 0 fully saturated rings. The van der Waals surface area contributed by atoms with Gasteiger partial charge in [0.1, 0.15) is 0 Å². The molecule has 0 saturated carbocycles. The number of hydrogen-bond donors (Lipinski definition) is 1. The molecule has 0 aliphatic heterocycles. The third-order valence-corrected chi connectivity index (χ3v) is 2.80. The summed E-state index contributed by atoms with van der Waals surface area (Å²) in [6.45, 7) is 0.546. The number of nitrogens with zero attached hydrogens (tertiary/aromatic N) is 2. The number of benzene rings is 1. The van der Waals surface area contributed by atoms with Gasteiger partial charge in [-0.1, -0.05) is 23.7 Å². The van der Waals surface area contributed by atoms with Gasteiger partial charge in [-0.15, -0.1) is 0 Å². The number of carbonyl (C=O) groups is 1. The molecule has 0 radical (unpaired) electrons. The zero-order valence-corrected chi connectivity index (χ0v) is 11.3. The SMILES string of the molecule is COCCCC(=O)Nc1nc2ccccc2nc1Cl. The van der Waals surface area contributed by atoms with Gasteiger partial charge < -0.3 is 10.1 Å².